The van der Waals surface area contributed by atoms with E-state index in [1.54, 1.807) is 0 Å². The number of rotatable bonds is 2. The van der Waals surface area contributed by atoms with Crippen LogP contribution in [0.25, 0.3) is 5.57 Å². The number of allylic oxidation sites excluding steroid dienone is 2. The molecule has 134 valence electrons. The van der Waals surface area contributed by atoms with Crippen LogP contribution in [-0.4, -0.2) is 11.9 Å². The summed E-state index contributed by atoms with van der Waals surface area (Å²) in [5.74, 6) is 1.59. The molecule has 3 rings (SSSR count). The monoisotopic (exact) mass is 349 g/mol. The number of hydrogen-bond donors (Lipinski definition) is 0. The third kappa shape index (κ3) is 3.15. The molecule has 0 amide bonds. The van der Waals surface area contributed by atoms with Crippen LogP contribution in [0.1, 0.15) is 43.4 Å². The summed E-state index contributed by atoms with van der Waals surface area (Å²) in [6.45, 7) is 11.6. The molecule has 26 heavy (non-hydrogen) atoms. The van der Waals surface area contributed by atoms with Gasteiger partial charge in [0.15, 0.2) is 0 Å². The zero-order chi connectivity index (χ0) is 19.0. The maximum Gasteiger partial charge on any atom is 0.345 e. The summed E-state index contributed by atoms with van der Waals surface area (Å²) in [7, 11) is 0. The van der Waals surface area contributed by atoms with Crippen LogP contribution in [0.2, 0.25) is 0 Å². The average Bonchev–Trinajstić information content (AvgIpc) is 3.07. The standard InChI is InChI=1S/C22H23NO3/c1-12(2)19-20(15(5)17-11-14(4)25-16(17)6)22(24)26-21(19)23-18-10-8-7-9-13(18)3/h7-11H,1-6H3. The van der Waals surface area contributed by atoms with E-state index in [0.717, 1.165) is 45.1 Å². The number of cyclic esters (lactones) is 1. The Labute approximate surface area is 153 Å². The third-order valence-electron chi connectivity index (χ3n) is 4.51. The van der Waals surface area contributed by atoms with Gasteiger partial charge in [0.05, 0.1) is 16.8 Å². The van der Waals surface area contributed by atoms with Crippen LogP contribution >= 0.6 is 0 Å². The number of aryl methyl sites for hydroxylation is 3. The summed E-state index contributed by atoms with van der Waals surface area (Å²) in [6, 6.07) is 9.73. The quantitative estimate of drug-likeness (QED) is 0.523. The first-order valence-corrected chi connectivity index (χ1v) is 8.62. The number of aliphatic imine (C=N–C) groups is 1. The van der Waals surface area contributed by atoms with Gasteiger partial charge < -0.3 is 9.15 Å². The lowest BCUT2D eigenvalue weighted by molar-refractivity contribution is -0.129. The maximum absolute atomic E-state index is 12.7. The number of benzene rings is 1. The summed E-state index contributed by atoms with van der Waals surface area (Å²) >= 11 is 0. The third-order valence-corrected chi connectivity index (χ3v) is 4.51. The molecule has 1 aliphatic rings. The normalized spacial score (nSPS) is 17.7. The van der Waals surface area contributed by atoms with Crippen molar-refractivity contribution < 1.29 is 13.9 Å². The fourth-order valence-corrected chi connectivity index (χ4v) is 3.22. The van der Waals surface area contributed by atoms with Crippen molar-refractivity contribution in [3.05, 3.63) is 69.7 Å². The van der Waals surface area contributed by atoms with Crippen molar-refractivity contribution in [2.75, 3.05) is 0 Å². The fraction of sp³-hybridized carbons (Fsp3) is 0.273. The zero-order valence-corrected chi connectivity index (χ0v) is 16.1. The molecule has 0 radical (unpaired) electrons. The van der Waals surface area contributed by atoms with Gasteiger partial charge in [-0.1, -0.05) is 23.8 Å². The summed E-state index contributed by atoms with van der Waals surface area (Å²) in [5, 5.41) is 0. The Hall–Kier alpha value is -2.88. The minimum atomic E-state index is -0.371. The number of hydrogen-bond acceptors (Lipinski definition) is 4. The van der Waals surface area contributed by atoms with Crippen molar-refractivity contribution in [2.24, 2.45) is 4.99 Å². The maximum atomic E-state index is 12.7. The Morgan fingerprint density at radius 2 is 1.69 bits per heavy atom. The SMILES string of the molecule is CC(C)=C1C(=Nc2ccccc2C)OC(=O)C1=C(C)c1cc(C)oc1C. The highest BCUT2D eigenvalue weighted by molar-refractivity contribution is 6.24. The predicted octanol–water partition coefficient (Wildman–Crippen LogP) is 5.60. The Balaban J connectivity index is 2.18. The minimum absolute atomic E-state index is 0.358. The van der Waals surface area contributed by atoms with Crippen LogP contribution in [-0.2, 0) is 9.53 Å². The van der Waals surface area contributed by atoms with Crippen molar-refractivity contribution in [3.8, 4) is 0 Å². The largest absolute Gasteiger partial charge is 0.466 e. The van der Waals surface area contributed by atoms with Gasteiger partial charge in [0.1, 0.15) is 11.5 Å². The highest BCUT2D eigenvalue weighted by atomic mass is 16.5. The number of ether oxygens (including phenoxy) is 1. The van der Waals surface area contributed by atoms with E-state index < -0.39 is 0 Å². The number of carbonyl (C=O) groups excluding carboxylic acids is 1. The first-order chi connectivity index (χ1) is 12.3. The lowest BCUT2D eigenvalue weighted by atomic mass is 9.94. The van der Waals surface area contributed by atoms with Crippen molar-refractivity contribution in [2.45, 2.75) is 41.5 Å². The van der Waals surface area contributed by atoms with Crippen molar-refractivity contribution >= 4 is 23.1 Å². The van der Waals surface area contributed by atoms with Gasteiger partial charge in [-0.3, -0.25) is 0 Å². The predicted molar refractivity (Wildman–Crippen MR) is 104 cm³/mol. The van der Waals surface area contributed by atoms with Gasteiger partial charge in [0.25, 0.3) is 0 Å². The highest BCUT2D eigenvalue weighted by Gasteiger charge is 2.35. The molecule has 1 aromatic heterocycles. The molecule has 2 heterocycles. The molecule has 0 aliphatic carbocycles. The molecular weight excluding hydrogens is 326 g/mol. The minimum Gasteiger partial charge on any atom is -0.466 e. The molecule has 2 aromatic rings. The number of esters is 1. The Morgan fingerprint density at radius 3 is 2.27 bits per heavy atom. The topological polar surface area (TPSA) is 51.8 Å². The number of carbonyl (C=O) groups is 1. The first-order valence-electron chi connectivity index (χ1n) is 8.62. The van der Waals surface area contributed by atoms with Crippen molar-refractivity contribution in [1.29, 1.82) is 0 Å². The molecule has 1 aliphatic heterocycles. The summed E-state index contributed by atoms with van der Waals surface area (Å²) in [5.41, 5.74) is 5.88. The number of furan rings is 1. The molecule has 0 unspecified atom stereocenters. The van der Waals surface area contributed by atoms with Gasteiger partial charge in [0, 0.05) is 5.56 Å². The van der Waals surface area contributed by atoms with Gasteiger partial charge in [0.2, 0.25) is 5.90 Å². The molecule has 0 spiro atoms. The fourth-order valence-electron chi connectivity index (χ4n) is 3.22. The van der Waals surface area contributed by atoms with Crippen LogP contribution in [0, 0.1) is 20.8 Å². The first kappa shape index (κ1) is 17.9. The van der Waals surface area contributed by atoms with Crippen LogP contribution < -0.4 is 0 Å². The molecule has 4 heteroatoms. The molecule has 4 nitrogen and oxygen atoms in total. The lowest BCUT2D eigenvalue weighted by Crippen LogP contribution is -2.00. The van der Waals surface area contributed by atoms with E-state index in [4.69, 9.17) is 9.15 Å². The molecule has 0 atom stereocenters. The van der Waals surface area contributed by atoms with Gasteiger partial charge in [-0.15, -0.1) is 0 Å². The van der Waals surface area contributed by atoms with Crippen molar-refractivity contribution in [1.82, 2.24) is 0 Å². The molecule has 0 saturated carbocycles. The van der Waals surface area contributed by atoms with Crippen LogP contribution in [0.4, 0.5) is 5.69 Å². The van der Waals surface area contributed by atoms with E-state index in [1.165, 1.54) is 0 Å². The highest BCUT2D eigenvalue weighted by Crippen LogP contribution is 2.36. The second-order valence-corrected chi connectivity index (χ2v) is 6.79. The van der Waals surface area contributed by atoms with Gasteiger partial charge in [-0.25, -0.2) is 9.79 Å². The molecule has 1 aromatic carbocycles. The van der Waals surface area contributed by atoms with Crippen molar-refractivity contribution in [3.63, 3.8) is 0 Å². The van der Waals surface area contributed by atoms with Crippen LogP contribution in [0.15, 0.2) is 56.5 Å². The van der Waals surface area contributed by atoms with Crippen LogP contribution in [0.3, 0.4) is 0 Å². The van der Waals surface area contributed by atoms with E-state index in [1.807, 2.05) is 71.9 Å². The molecule has 0 N–H and O–H groups in total. The van der Waals surface area contributed by atoms with Gasteiger partial charge in [-0.05, 0) is 64.8 Å². The van der Waals surface area contributed by atoms with E-state index in [9.17, 15) is 4.79 Å². The Kier molecular flexibility index (Phi) is 4.68. The number of nitrogens with zero attached hydrogens (tertiary/aromatic N) is 1. The summed E-state index contributed by atoms with van der Waals surface area (Å²) in [4.78, 5) is 17.3. The van der Waals surface area contributed by atoms with E-state index in [-0.39, 0.29) is 5.97 Å². The summed E-state index contributed by atoms with van der Waals surface area (Å²) < 4.78 is 11.2. The summed E-state index contributed by atoms with van der Waals surface area (Å²) in [6.07, 6.45) is 0. The van der Waals surface area contributed by atoms with E-state index >= 15 is 0 Å². The lowest BCUT2D eigenvalue weighted by Gasteiger charge is -2.06. The number of para-hydroxylation sites is 1. The zero-order valence-electron chi connectivity index (χ0n) is 16.1. The van der Waals surface area contributed by atoms with Crippen LogP contribution in [0.5, 0.6) is 0 Å². The smallest absolute Gasteiger partial charge is 0.345 e. The van der Waals surface area contributed by atoms with E-state index in [2.05, 4.69) is 4.99 Å². The van der Waals surface area contributed by atoms with Gasteiger partial charge >= 0.3 is 5.97 Å². The second kappa shape index (κ2) is 6.79. The molecular formula is C22H23NO3. The Bertz CT molecular complexity index is 983. The molecule has 1 fully saturated rings. The van der Waals surface area contributed by atoms with Gasteiger partial charge in [-0.2, -0.15) is 0 Å². The van der Waals surface area contributed by atoms with E-state index in [0.29, 0.717) is 11.5 Å². The Morgan fingerprint density at radius 1 is 1.00 bits per heavy atom. The molecule has 0 bridgehead atoms. The second-order valence-electron chi connectivity index (χ2n) is 6.79. The molecule has 1 saturated heterocycles. The average molecular weight is 349 g/mol.